The van der Waals surface area contributed by atoms with Crippen LogP contribution >= 0.6 is 12.6 Å². The molecule has 3 atom stereocenters. The van der Waals surface area contributed by atoms with Gasteiger partial charge in [0, 0.05) is 19.4 Å². The summed E-state index contributed by atoms with van der Waals surface area (Å²) in [4.78, 5) is 10.6. The molecule has 2 rings (SSSR count). The quantitative estimate of drug-likeness (QED) is 0.223. The SMILES string of the molecule is CCC(S)[Si](C)(OC)Oc1ccc(C(C)(C)C)cc1C(C)(C)C.CCCCCC1CC1=O. The number of hydrogen-bond acceptors (Lipinski definition) is 4. The number of carbonyl (C=O) groups excluding carboxylic acids is 1. The fourth-order valence-electron chi connectivity index (χ4n) is 3.59. The van der Waals surface area contributed by atoms with Crippen LogP contribution < -0.4 is 4.43 Å². The Bertz CT molecular complexity index is 735. The number of benzene rings is 1. The first-order chi connectivity index (χ1) is 14.7. The van der Waals surface area contributed by atoms with E-state index < -0.39 is 8.56 Å². The molecule has 0 radical (unpaired) electrons. The van der Waals surface area contributed by atoms with Gasteiger partial charge in [0.15, 0.2) is 0 Å². The van der Waals surface area contributed by atoms with E-state index in [4.69, 9.17) is 21.5 Å². The largest absolute Gasteiger partial charge is 0.519 e. The van der Waals surface area contributed by atoms with E-state index in [0.29, 0.717) is 11.7 Å². The summed E-state index contributed by atoms with van der Waals surface area (Å²) in [5.74, 6) is 1.91. The standard InChI is InChI=1S/C19H34O2SSi.C8H14O/c1-10-17(22)23(9,20-8)21-16-12-11-14(18(2,3)4)13-15(16)19(5,6)7;1-2-3-4-5-7-6-8(7)9/h11-13,17,22H,10H2,1-9H3;7H,2-6H2,1H3. The second-order valence-corrected chi connectivity index (χ2v) is 15.8. The predicted octanol–water partition coefficient (Wildman–Crippen LogP) is 7.78. The van der Waals surface area contributed by atoms with Crippen molar-refractivity contribution < 1.29 is 13.6 Å². The minimum atomic E-state index is -2.38. The monoisotopic (exact) mass is 480 g/mol. The minimum Gasteiger partial charge on any atom is -0.519 e. The molecule has 0 heterocycles. The predicted molar refractivity (Wildman–Crippen MR) is 143 cm³/mol. The van der Waals surface area contributed by atoms with E-state index in [1.165, 1.54) is 30.4 Å². The van der Waals surface area contributed by atoms with Gasteiger partial charge in [-0.15, -0.1) is 0 Å². The lowest BCUT2D eigenvalue weighted by Crippen LogP contribution is -2.50. The highest BCUT2D eigenvalue weighted by Gasteiger charge is 2.40. The van der Waals surface area contributed by atoms with Gasteiger partial charge in [-0.1, -0.05) is 86.8 Å². The Labute approximate surface area is 204 Å². The third-order valence-electron chi connectivity index (χ3n) is 6.26. The van der Waals surface area contributed by atoms with Gasteiger partial charge in [-0.2, -0.15) is 12.6 Å². The van der Waals surface area contributed by atoms with Crippen molar-refractivity contribution in [2.75, 3.05) is 7.11 Å². The summed E-state index contributed by atoms with van der Waals surface area (Å²) in [5, 5.41) is 0. The van der Waals surface area contributed by atoms with Gasteiger partial charge in [-0.05, 0) is 47.4 Å². The van der Waals surface area contributed by atoms with Gasteiger partial charge in [0.1, 0.15) is 11.5 Å². The van der Waals surface area contributed by atoms with E-state index in [9.17, 15) is 4.79 Å². The number of ketones is 1. The van der Waals surface area contributed by atoms with Gasteiger partial charge in [0.25, 0.3) is 0 Å². The molecule has 0 N–H and O–H groups in total. The number of thiol groups is 1. The molecule has 5 heteroatoms. The third-order valence-corrected chi connectivity index (χ3v) is 11.1. The van der Waals surface area contributed by atoms with Crippen molar-refractivity contribution in [3.8, 4) is 5.75 Å². The third kappa shape index (κ3) is 8.87. The van der Waals surface area contributed by atoms with Crippen LogP contribution in [0, 0.1) is 5.92 Å². The van der Waals surface area contributed by atoms with Crippen molar-refractivity contribution in [3.05, 3.63) is 29.3 Å². The lowest BCUT2D eigenvalue weighted by Gasteiger charge is -2.34. The molecule has 184 valence electrons. The van der Waals surface area contributed by atoms with E-state index >= 15 is 0 Å². The summed E-state index contributed by atoms with van der Waals surface area (Å²) in [6.45, 7) is 19.8. The Morgan fingerprint density at radius 2 is 1.69 bits per heavy atom. The summed E-state index contributed by atoms with van der Waals surface area (Å²) in [5.41, 5.74) is 2.69. The molecule has 1 fully saturated rings. The molecule has 0 saturated heterocycles. The Morgan fingerprint density at radius 3 is 2.09 bits per heavy atom. The normalized spacial score (nSPS) is 19.0. The summed E-state index contributed by atoms with van der Waals surface area (Å²) in [6.07, 6.45) is 6.79. The van der Waals surface area contributed by atoms with E-state index in [2.05, 4.69) is 80.1 Å². The highest BCUT2D eigenvalue weighted by atomic mass is 32.1. The second kappa shape index (κ2) is 12.1. The molecule has 0 aromatic heterocycles. The van der Waals surface area contributed by atoms with Gasteiger partial charge in [0.05, 0.1) is 4.87 Å². The van der Waals surface area contributed by atoms with E-state index in [0.717, 1.165) is 25.0 Å². The zero-order valence-corrected chi connectivity index (χ0v) is 24.2. The minimum absolute atomic E-state index is 0.0119. The lowest BCUT2D eigenvalue weighted by molar-refractivity contribution is -0.111. The topological polar surface area (TPSA) is 35.5 Å². The van der Waals surface area contributed by atoms with Gasteiger partial charge in [-0.3, -0.25) is 4.79 Å². The molecule has 0 amide bonds. The highest BCUT2D eigenvalue weighted by Crippen LogP contribution is 2.37. The first-order valence-corrected chi connectivity index (χ1v) is 15.2. The van der Waals surface area contributed by atoms with Crippen molar-refractivity contribution in [2.24, 2.45) is 5.92 Å². The fraction of sp³-hybridized carbons (Fsp3) is 0.741. The molecular weight excluding hydrogens is 432 g/mol. The second-order valence-electron chi connectivity index (χ2n) is 11.3. The first-order valence-electron chi connectivity index (χ1n) is 12.3. The Balaban J connectivity index is 0.000000471. The van der Waals surface area contributed by atoms with E-state index in [1.54, 1.807) is 7.11 Å². The number of Topliss-reactive ketones (excluding diaryl/α,β-unsaturated/α-hetero) is 1. The van der Waals surface area contributed by atoms with Crippen LogP contribution in [0.5, 0.6) is 5.75 Å². The molecule has 1 aliphatic rings. The van der Waals surface area contributed by atoms with Gasteiger partial charge in [0.2, 0.25) is 0 Å². The van der Waals surface area contributed by atoms with Crippen molar-refractivity contribution in [1.29, 1.82) is 0 Å². The van der Waals surface area contributed by atoms with Crippen LogP contribution in [0.25, 0.3) is 0 Å². The average molecular weight is 481 g/mol. The van der Waals surface area contributed by atoms with Gasteiger partial charge >= 0.3 is 8.56 Å². The number of rotatable bonds is 9. The molecule has 0 bridgehead atoms. The van der Waals surface area contributed by atoms with Crippen LogP contribution in [0.15, 0.2) is 18.2 Å². The average Bonchev–Trinajstić information content (AvgIpc) is 3.41. The summed E-state index contributed by atoms with van der Waals surface area (Å²) >= 11 is 4.71. The summed E-state index contributed by atoms with van der Waals surface area (Å²) in [6, 6.07) is 6.58. The molecule has 1 saturated carbocycles. The molecular formula is C27H48O3SSi. The van der Waals surface area contributed by atoms with Crippen LogP contribution in [-0.2, 0) is 20.1 Å². The lowest BCUT2D eigenvalue weighted by atomic mass is 9.80. The molecule has 1 aromatic rings. The zero-order chi connectivity index (χ0) is 24.7. The van der Waals surface area contributed by atoms with E-state index in [-0.39, 0.29) is 15.7 Å². The number of hydrogen-bond donors (Lipinski definition) is 1. The van der Waals surface area contributed by atoms with Gasteiger partial charge < -0.3 is 8.85 Å². The summed E-state index contributed by atoms with van der Waals surface area (Å²) in [7, 11) is -0.635. The maximum atomic E-state index is 10.5. The zero-order valence-electron chi connectivity index (χ0n) is 22.3. The van der Waals surface area contributed by atoms with Crippen LogP contribution in [0.3, 0.4) is 0 Å². The molecule has 0 spiro atoms. The van der Waals surface area contributed by atoms with Gasteiger partial charge in [-0.25, -0.2) is 0 Å². The summed E-state index contributed by atoms with van der Waals surface area (Å²) < 4.78 is 12.3. The van der Waals surface area contributed by atoms with Crippen molar-refractivity contribution in [3.63, 3.8) is 0 Å². The molecule has 3 unspecified atom stereocenters. The molecule has 32 heavy (non-hydrogen) atoms. The van der Waals surface area contributed by atoms with Crippen molar-refractivity contribution in [1.82, 2.24) is 0 Å². The molecule has 1 aliphatic carbocycles. The highest BCUT2D eigenvalue weighted by molar-refractivity contribution is 7.83. The van der Waals surface area contributed by atoms with E-state index in [1.807, 2.05) is 0 Å². The Hall–Kier alpha value is -0.783. The van der Waals surface area contributed by atoms with Crippen LogP contribution in [0.1, 0.15) is 105 Å². The Morgan fingerprint density at radius 1 is 1.09 bits per heavy atom. The Kier molecular flexibility index (Phi) is 11.0. The number of carbonyl (C=O) groups is 1. The van der Waals surface area contributed by atoms with Crippen molar-refractivity contribution in [2.45, 2.75) is 116 Å². The maximum absolute atomic E-state index is 10.5. The van der Waals surface area contributed by atoms with Crippen LogP contribution in [0.2, 0.25) is 6.55 Å². The molecule has 1 aromatic carbocycles. The smallest absolute Gasteiger partial charge is 0.408 e. The fourth-order valence-corrected chi connectivity index (χ4v) is 5.92. The van der Waals surface area contributed by atoms with Crippen LogP contribution in [-0.4, -0.2) is 26.3 Å². The maximum Gasteiger partial charge on any atom is 0.408 e. The van der Waals surface area contributed by atoms with Crippen molar-refractivity contribution >= 4 is 27.0 Å². The first kappa shape index (κ1) is 29.2. The van der Waals surface area contributed by atoms with Crippen LogP contribution in [0.4, 0.5) is 0 Å². The molecule has 0 aliphatic heterocycles. The molecule has 3 nitrogen and oxygen atoms in total. The number of unbranched alkanes of at least 4 members (excludes halogenated alkanes) is 2.